The Bertz CT molecular complexity index is 747. The van der Waals surface area contributed by atoms with Crippen LogP contribution in [0.15, 0.2) is 54.6 Å². The van der Waals surface area contributed by atoms with Crippen molar-refractivity contribution in [2.24, 2.45) is 0 Å². The van der Waals surface area contributed by atoms with E-state index in [1.807, 2.05) is 37.3 Å². The summed E-state index contributed by atoms with van der Waals surface area (Å²) in [7, 11) is 0. The number of nitrogens with one attached hydrogen (secondary N) is 2. The maximum atomic E-state index is 11.9. The van der Waals surface area contributed by atoms with E-state index in [1.165, 1.54) is 18.2 Å². The predicted molar refractivity (Wildman–Crippen MR) is 88.2 cm³/mol. The molecule has 2 aromatic rings. The first kappa shape index (κ1) is 17.1. The number of hydrogen-bond donors (Lipinski definition) is 2. The van der Waals surface area contributed by atoms with Gasteiger partial charge in [-0.3, -0.25) is 30.6 Å². The van der Waals surface area contributed by atoms with Gasteiger partial charge in [-0.25, -0.2) is 0 Å². The smallest absolute Gasteiger partial charge is 0.270 e. The van der Waals surface area contributed by atoms with E-state index in [0.717, 1.165) is 11.6 Å². The second-order valence-corrected chi connectivity index (χ2v) is 5.33. The molecule has 0 fully saturated rings. The van der Waals surface area contributed by atoms with E-state index in [4.69, 9.17) is 0 Å². The highest BCUT2D eigenvalue weighted by Crippen LogP contribution is 2.18. The number of benzene rings is 2. The van der Waals surface area contributed by atoms with Crippen LogP contribution in [0.2, 0.25) is 0 Å². The normalized spacial score (nSPS) is 11.4. The van der Waals surface area contributed by atoms with Gasteiger partial charge in [-0.15, -0.1) is 0 Å². The van der Waals surface area contributed by atoms with Crippen molar-refractivity contribution in [2.75, 3.05) is 0 Å². The van der Waals surface area contributed by atoms with Crippen molar-refractivity contribution in [1.82, 2.24) is 10.9 Å². The molecule has 0 aliphatic heterocycles. The zero-order valence-corrected chi connectivity index (χ0v) is 13.1. The lowest BCUT2D eigenvalue weighted by Crippen LogP contribution is -2.42. The third-order valence-electron chi connectivity index (χ3n) is 3.49. The van der Waals surface area contributed by atoms with Gasteiger partial charge in [0.2, 0.25) is 5.91 Å². The second-order valence-electron chi connectivity index (χ2n) is 5.33. The standard InChI is InChI=1S/C17H17N3O4/c1-12(13-6-3-2-4-7-13)10-16(21)18-19-17(22)14-8-5-9-15(11-14)20(23)24/h2-9,11-12H,10H2,1H3,(H,18,21)(H,19,22). The van der Waals surface area contributed by atoms with Crippen LogP contribution in [0.4, 0.5) is 5.69 Å². The number of carbonyl (C=O) groups excluding carboxylic acids is 2. The average Bonchev–Trinajstić information content (AvgIpc) is 2.60. The summed E-state index contributed by atoms with van der Waals surface area (Å²) < 4.78 is 0. The number of non-ortho nitro benzene ring substituents is 1. The molecular formula is C17H17N3O4. The lowest BCUT2D eigenvalue weighted by molar-refractivity contribution is -0.384. The fourth-order valence-corrected chi connectivity index (χ4v) is 2.19. The van der Waals surface area contributed by atoms with Gasteiger partial charge in [0.15, 0.2) is 0 Å². The summed E-state index contributed by atoms with van der Waals surface area (Å²) in [5, 5.41) is 10.7. The van der Waals surface area contributed by atoms with Crippen molar-refractivity contribution in [1.29, 1.82) is 0 Å². The summed E-state index contributed by atoms with van der Waals surface area (Å²) in [5.74, 6) is -0.953. The van der Waals surface area contributed by atoms with Gasteiger partial charge < -0.3 is 0 Å². The third-order valence-corrected chi connectivity index (χ3v) is 3.49. The highest BCUT2D eigenvalue weighted by atomic mass is 16.6. The number of nitro benzene ring substituents is 1. The van der Waals surface area contributed by atoms with E-state index in [1.54, 1.807) is 0 Å². The Balaban J connectivity index is 1.88. The van der Waals surface area contributed by atoms with Crippen molar-refractivity contribution < 1.29 is 14.5 Å². The molecule has 0 heterocycles. The molecule has 0 aliphatic carbocycles. The Labute approximate surface area is 138 Å². The Morgan fingerprint density at radius 1 is 1.08 bits per heavy atom. The SMILES string of the molecule is CC(CC(=O)NNC(=O)c1cccc([N+](=O)[O-])c1)c1ccccc1. The van der Waals surface area contributed by atoms with E-state index in [9.17, 15) is 19.7 Å². The molecule has 0 aromatic heterocycles. The van der Waals surface area contributed by atoms with Gasteiger partial charge >= 0.3 is 0 Å². The topological polar surface area (TPSA) is 101 Å². The number of hydrogen-bond acceptors (Lipinski definition) is 4. The molecule has 7 heteroatoms. The summed E-state index contributed by atoms with van der Waals surface area (Å²) in [4.78, 5) is 34.0. The summed E-state index contributed by atoms with van der Waals surface area (Å²) in [6.07, 6.45) is 0.208. The molecular weight excluding hydrogens is 310 g/mol. The predicted octanol–water partition coefficient (Wildman–Crippen LogP) is 2.55. The van der Waals surface area contributed by atoms with Crippen molar-refractivity contribution in [3.05, 3.63) is 75.8 Å². The Hall–Kier alpha value is -3.22. The van der Waals surface area contributed by atoms with E-state index >= 15 is 0 Å². The molecule has 1 unspecified atom stereocenters. The molecule has 2 aromatic carbocycles. The molecule has 0 aliphatic rings. The maximum absolute atomic E-state index is 11.9. The number of nitrogens with zero attached hydrogens (tertiary/aromatic N) is 1. The van der Waals surface area contributed by atoms with E-state index < -0.39 is 10.8 Å². The highest BCUT2D eigenvalue weighted by Gasteiger charge is 2.14. The second kappa shape index (κ2) is 7.87. The molecule has 2 N–H and O–H groups in total. The molecule has 0 saturated heterocycles. The monoisotopic (exact) mass is 327 g/mol. The fraction of sp³-hybridized carbons (Fsp3) is 0.176. The Morgan fingerprint density at radius 2 is 1.79 bits per heavy atom. The molecule has 7 nitrogen and oxygen atoms in total. The first-order chi connectivity index (χ1) is 11.5. The largest absolute Gasteiger partial charge is 0.273 e. The van der Waals surface area contributed by atoms with E-state index in [-0.39, 0.29) is 29.5 Å². The molecule has 24 heavy (non-hydrogen) atoms. The summed E-state index contributed by atoms with van der Waals surface area (Å²) >= 11 is 0. The van der Waals surface area contributed by atoms with Crippen LogP contribution in [0, 0.1) is 10.1 Å². The molecule has 2 amide bonds. The van der Waals surface area contributed by atoms with Crippen molar-refractivity contribution >= 4 is 17.5 Å². The lowest BCUT2D eigenvalue weighted by Gasteiger charge is -2.12. The Kier molecular flexibility index (Phi) is 5.62. The van der Waals surface area contributed by atoms with Gasteiger partial charge in [0, 0.05) is 24.1 Å². The van der Waals surface area contributed by atoms with Gasteiger partial charge in [-0.05, 0) is 17.5 Å². The van der Waals surface area contributed by atoms with Crippen LogP contribution in [0.3, 0.4) is 0 Å². The van der Waals surface area contributed by atoms with Gasteiger partial charge in [0.1, 0.15) is 0 Å². The van der Waals surface area contributed by atoms with Crippen molar-refractivity contribution in [3.8, 4) is 0 Å². The molecule has 124 valence electrons. The van der Waals surface area contributed by atoms with Crippen LogP contribution in [0.1, 0.15) is 35.2 Å². The molecule has 0 radical (unpaired) electrons. The van der Waals surface area contributed by atoms with Crippen LogP contribution >= 0.6 is 0 Å². The zero-order valence-electron chi connectivity index (χ0n) is 13.1. The zero-order chi connectivity index (χ0) is 17.5. The number of carbonyl (C=O) groups is 2. The van der Waals surface area contributed by atoms with Crippen LogP contribution in [-0.4, -0.2) is 16.7 Å². The van der Waals surface area contributed by atoms with Gasteiger partial charge in [-0.1, -0.05) is 43.3 Å². The number of hydrazine groups is 1. The number of rotatable bonds is 5. The van der Waals surface area contributed by atoms with Crippen molar-refractivity contribution in [3.63, 3.8) is 0 Å². The molecule has 0 spiro atoms. The van der Waals surface area contributed by atoms with Gasteiger partial charge in [-0.2, -0.15) is 0 Å². The minimum absolute atomic E-state index is 0.000847. The third kappa shape index (κ3) is 4.64. The van der Waals surface area contributed by atoms with Gasteiger partial charge in [0.25, 0.3) is 11.6 Å². The van der Waals surface area contributed by atoms with Crippen molar-refractivity contribution in [2.45, 2.75) is 19.3 Å². The Morgan fingerprint density at radius 3 is 2.46 bits per heavy atom. The lowest BCUT2D eigenvalue weighted by atomic mass is 9.98. The van der Waals surface area contributed by atoms with Crippen LogP contribution in [0.5, 0.6) is 0 Å². The number of amides is 2. The summed E-state index contributed by atoms with van der Waals surface area (Å²) in [6, 6.07) is 14.8. The highest BCUT2D eigenvalue weighted by molar-refractivity contribution is 5.95. The molecule has 1 atom stereocenters. The quantitative estimate of drug-likeness (QED) is 0.651. The minimum atomic E-state index is -0.612. The molecule has 0 bridgehead atoms. The average molecular weight is 327 g/mol. The first-order valence-corrected chi connectivity index (χ1v) is 7.36. The van der Waals surface area contributed by atoms with Gasteiger partial charge in [0.05, 0.1) is 4.92 Å². The summed E-state index contributed by atoms with van der Waals surface area (Å²) in [5.41, 5.74) is 5.52. The van der Waals surface area contributed by atoms with Crippen LogP contribution in [-0.2, 0) is 4.79 Å². The fourth-order valence-electron chi connectivity index (χ4n) is 2.19. The summed E-state index contributed by atoms with van der Waals surface area (Å²) in [6.45, 7) is 1.91. The first-order valence-electron chi connectivity index (χ1n) is 7.36. The molecule has 0 saturated carbocycles. The number of nitro groups is 1. The minimum Gasteiger partial charge on any atom is -0.273 e. The van der Waals surface area contributed by atoms with E-state index in [2.05, 4.69) is 10.9 Å². The van der Waals surface area contributed by atoms with Crippen LogP contribution in [0.25, 0.3) is 0 Å². The maximum Gasteiger partial charge on any atom is 0.270 e. The van der Waals surface area contributed by atoms with E-state index in [0.29, 0.717) is 0 Å². The molecule has 2 rings (SSSR count). The van der Waals surface area contributed by atoms with Crippen LogP contribution < -0.4 is 10.9 Å².